The Balaban J connectivity index is 0.00000289. The molecule has 10 heteroatoms. The van der Waals surface area contributed by atoms with Gasteiger partial charge in [-0.2, -0.15) is 0 Å². The molecule has 0 saturated heterocycles. The van der Waals surface area contributed by atoms with Crippen LogP contribution in [0.15, 0.2) is 54.6 Å². The van der Waals surface area contributed by atoms with Gasteiger partial charge in [-0.1, -0.05) is 36.4 Å². The van der Waals surface area contributed by atoms with E-state index in [0.29, 0.717) is 50.1 Å². The second kappa shape index (κ2) is 13.1. The molecule has 0 aromatic heterocycles. The van der Waals surface area contributed by atoms with Crippen LogP contribution in [0.4, 0.5) is 0 Å². The SMILES string of the molecule is COc1cccc([Si]([O-])(c2cccc(OC)c2OC)c2cccc(OC)c2OC)c1OC.[Br-].[Mg+2]. The third-order valence-corrected chi connectivity index (χ3v) is 8.80. The van der Waals surface area contributed by atoms with Crippen molar-refractivity contribution in [3.63, 3.8) is 0 Å². The van der Waals surface area contributed by atoms with Crippen molar-refractivity contribution in [3.05, 3.63) is 54.6 Å². The zero-order valence-corrected chi connectivity index (χ0v) is 24.1. The Morgan fingerprint density at radius 1 is 0.500 bits per heavy atom. The van der Waals surface area contributed by atoms with Crippen LogP contribution in [-0.4, -0.2) is 74.0 Å². The summed E-state index contributed by atoms with van der Waals surface area (Å²) in [6.07, 6.45) is 0. The van der Waals surface area contributed by atoms with Crippen molar-refractivity contribution < 1.29 is 50.2 Å². The standard InChI is InChI=1S/C24H27O7Si.BrH.Mg/c1-26-16-10-7-13-19(22(16)29-4)32(25,20-14-8-11-17(27-2)23(20)30-5)21-15-9-12-18(28-3)24(21)31-6;;/h7-15H,1-6H3;1H;/q-1;;+2/p-1. The van der Waals surface area contributed by atoms with Gasteiger partial charge in [0.25, 0.3) is 0 Å². The molecule has 178 valence electrons. The molecule has 0 radical (unpaired) electrons. The van der Waals surface area contributed by atoms with E-state index in [1.54, 1.807) is 54.6 Å². The molecule has 0 amide bonds. The van der Waals surface area contributed by atoms with E-state index in [2.05, 4.69) is 0 Å². The molecule has 3 aromatic rings. The molecule has 3 rings (SSSR count). The fraction of sp³-hybridized carbons (Fsp3) is 0.250. The number of hydrogen-bond donors (Lipinski definition) is 0. The van der Waals surface area contributed by atoms with Gasteiger partial charge in [-0.3, -0.25) is 0 Å². The molecule has 0 heterocycles. The van der Waals surface area contributed by atoms with Crippen LogP contribution in [0.1, 0.15) is 0 Å². The number of methoxy groups -OCH3 is 6. The van der Waals surface area contributed by atoms with E-state index in [4.69, 9.17) is 28.4 Å². The third kappa shape index (κ3) is 5.10. The van der Waals surface area contributed by atoms with Crippen LogP contribution in [0.3, 0.4) is 0 Å². The summed E-state index contributed by atoms with van der Waals surface area (Å²) in [6, 6.07) is 15.9. The first-order valence-corrected chi connectivity index (χ1v) is 11.8. The Labute approximate surface area is 227 Å². The van der Waals surface area contributed by atoms with Gasteiger partial charge in [0, 0.05) is 0 Å². The van der Waals surface area contributed by atoms with E-state index in [1.807, 2.05) is 0 Å². The average molecular weight is 560 g/mol. The molecule has 3 aromatic carbocycles. The number of para-hydroxylation sites is 3. The van der Waals surface area contributed by atoms with Crippen LogP contribution in [0.25, 0.3) is 0 Å². The first-order chi connectivity index (χ1) is 15.5. The van der Waals surface area contributed by atoms with E-state index in [1.165, 1.54) is 42.7 Å². The van der Waals surface area contributed by atoms with Crippen LogP contribution in [0.2, 0.25) is 0 Å². The molecular formula is C24H27BrMgO7Si. The topological polar surface area (TPSA) is 78.4 Å². The van der Waals surface area contributed by atoms with Gasteiger partial charge in [0.1, 0.15) is 0 Å². The third-order valence-electron chi connectivity index (χ3n) is 5.35. The summed E-state index contributed by atoms with van der Waals surface area (Å²) >= 11 is 0. The minimum absolute atomic E-state index is 0. The van der Waals surface area contributed by atoms with Crippen molar-refractivity contribution in [2.75, 3.05) is 42.7 Å². The Morgan fingerprint density at radius 3 is 0.971 bits per heavy atom. The fourth-order valence-electron chi connectivity index (χ4n) is 3.93. The van der Waals surface area contributed by atoms with Gasteiger partial charge in [-0.05, 0) is 33.8 Å². The second-order valence-corrected chi connectivity index (χ2v) is 9.78. The van der Waals surface area contributed by atoms with Crippen LogP contribution < -0.4 is 65.8 Å². The minimum Gasteiger partial charge on any atom is -1.00 e. The molecule has 0 unspecified atom stereocenters. The first-order valence-electron chi connectivity index (χ1n) is 9.86. The minimum atomic E-state index is -4.08. The van der Waals surface area contributed by atoms with E-state index in [0.717, 1.165) is 0 Å². The summed E-state index contributed by atoms with van der Waals surface area (Å²) in [6.45, 7) is 0. The predicted molar refractivity (Wildman–Crippen MR) is 129 cm³/mol. The largest absolute Gasteiger partial charge is 2.00 e. The summed E-state index contributed by atoms with van der Waals surface area (Å²) in [5.41, 5.74) is 0. The molecule has 0 N–H and O–H groups in total. The summed E-state index contributed by atoms with van der Waals surface area (Å²) in [5.74, 6) is 2.48. The number of benzene rings is 3. The van der Waals surface area contributed by atoms with Gasteiger partial charge in [-0.25, -0.2) is 0 Å². The van der Waals surface area contributed by atoms with E-state index >= 15 is 4.80 Å². The van der Waals surface area contributed by atoms with E-state index < -0.39 is 8.32 Å². The van der Waals surface area contributed by atoms with Crippen molar-refractivity contribution in [2.45, 2.75) is 0 Å². The van der Waals surface area contributed by atoms with Gasteiger partial charge >= 0.3 is 23.1 Å². The van der Waals surface area contributed by atoms with Crippen molar-refractivity contribution in [1.29, 1.82) is 0 Å². The van der Waals surface area contributed by atoms with E-state index in [-0.39, 0.29) is 40.0 Å². The molecule has 0 spiro atoms. The molecule has 7 nitrogen and oxygen atoms in total. The molecule has 0 fully saturated rings. The van der Waals surface area contributed by atoms with Gasteiger partial charge in [-0.15, -0.1) is 0 Å². The molecule has 0 bridgehead atoms. The molecule has 0 atom stereocenters. The molecule has 0 aliphatic carbocycles. The summed E-state index contributed by atoms with van der Waals surface area (Å²) in [7, 11) is 5.07. The predicted octanol–water partition coefficient (Wildman–Crippen LogP) is -2.31. The quantitative estimate of drug-likeness (QED) is 0.215. The van der Waals surface area contributed by atoms with Gasteiger partial charge in [0.15, 0.2) is 34.5 Å². The first kappa shape index (κ1) is 29.9. The van der Waals surface area contributed by atoms with E-state index in [9.17, 15) is 0 Å². The Hall–Kier alpha value is -2.12. The van der Waals surface area contributed by atoms with Crippen LogP contribution in [0.5, 0.6) is 34.5 Å². The van der Waals surface area contributed by atoms with Crippen molar-refractivity contribution in [2.24, 2.45) is 0 Å². The maximum atomic E-state index is 15.4. The van der Waals surface area contributed by atoms with Crippen molar-refractivity contribution in [1.82, 2.24) is 0 Å². The molecule has 0 saturated carbocycles. The second-order valence-electron chi connectivity index (χ2n) is 6.80. The van der Waals surface area contributed by atoms with Crippen molar-refractivity contribution >= 4 is 46.9 Å². The maximum Gasteiger partial charge on any atom is 2.00 e. The van der Waals surface area contributed by atoms with Crippen molar-refractivity contribution in [3.8, 4) is 34.5 Å². The maximum absolute atomic E-state index is 15.4. The summed E-state index contributed by atoms with van der Waals surface area (Å²) < 4.78 is 33.5. The normalized spacial score (nSPS) is 10.3. The zero-order chi connectivity index (χ0) is 23.3. The number of halogens is 1. The monoisotopic (exact) mass is 558 g/mol. The van der Waals surface area contributed by atoms with Crippen LogP contribution in [-0.2, 0) is 0 Å². The molecule has 34 heavy (non-hydrogen) atoms. The summed E-state index contributed by atoms with van der Waals surface area (Å²) in [5, 5.41) is 1.37. The Kier molecular flexibility index (Phi) is 11.5. The number of ether oxygens (including phenoxy) is 6. The van der Waals surface area contributed by atoms with Crippen LogP contribution in [0, 0.1) is 0 Å². The molecule has 0 aliphatic rings. The smallest absolute Gasteiger partial charge is 1.00 e. The number of hydrogen-bond acceptors (Lipinski definition) is 7. The Morgan fingerprint density at radius 2 is 0.765 bits per heavy atom. The van der Waals surface area contributed by atoms with Gasteiger partial charge in [0.2, 0.25) is 0 Å². The van der Waals surface area contributed by atoms with Gasteiger partial charge < -0.3 is 50.2 Å². The average Bonchev–Trinajstić information content (AvgIpc) is 2.86. The number of rotatable bonds is 9. The molecule has 0 aliphatic heterocycles. The zero-order valence-electron chi connectivity index (χ0n) is 20.1. The summed E-state index contributed by atoms with van der Waals surface area (Å²) in [4.78, 5) is 15.4. The fourth-order valence-corrected chi connectivity index (χ4v) is 7.43. The van der Waals surface area contributed by atoms with Crippen LogP contribution >= 0.6 is 0 Å². The molecular weight excluding hydrogens is 533 g/mol. The van der Waals surface area contributed by atoms with Gasteiger partial charge in [0.05, 0.1) is 51.0 Å². The Bertz CT molecular complexity index is 962.